The maximum atomic E-state index is 12.3. The Morgan fingerprint density at radius 3 is 2.17 bits per heavy atom. The fourth-order valence-electron chi connectivity index (χ4n) is 2.84. The molecule has 0 radical (unpaired) electrons. The lowest BCUT2D eigenvalue weighted by Crippen LogP contribution is -2.48. The number of hydrogen-bond acceptors (Lipinski definition) is 3. The Morgan fingerprint density at radius 1 is 1.13 bits per heavy atom. The number of hydrogen-bond donors (Lipinski definition) is 0. The third-order valence-corrected chi connectivity index (χ3v) is 4.78. The number of aryl methyl sites for hydroxylation is 1. The SMILES string of the molecule is Cc1cc(OC(F)(F)F)ccc1B1OC(C)(C)[C@@](C)(C(C)C)O1. The van der Waals surface area contributed by atoms with Gasteiger partial charge in [-0.2, -0.15) is 0 Å². The van der Waals surface area contributed by atoms with Crippen LogP contribution in [0.4, 0.5) is 13.2 Å². The van der Waals surface area contributed by atoms with Crippen LogP contribution >= 0.6 is 0 Å². The predicted octanol–water partition coefficient (Wildman–Crippen LogP) is 3.83. The van der Waals surface area contributed by atoms with E-state index in [1.54, 1.807) is 13.0 Å². The molecule has 1 aromatic rings. The summed E-state index contributed by atoms with van der Waals surface area (Å²) >= 11 is 0. The summed E-state index contributed by atoms with van der Waals surface area (Å²) < 4.78 is 53.0. The second-order valence-corrected chi connectivity index (χ2v) is 6.91. The van der Waals surface area contributed by atoms with Crippen molar-refractivity contribution in [3.63, 3.8) is 0 Å². The van der Waals surface area contributed by atoms with Crippen molar-refractivity contribution in [3.8, 4) is 5.75 Å². The largest absolute Gasteiger partial charge is 0.573 e. The topological polar surface area (TPSA) is 27.7 Å². The Hall–Kier alpha value is -1.21. The zero-order valence-electron chi connectivity index (χ0n) is 14.2. The Balaban J connectivity index is 2.27. The molecule has 1 heterocycles. The fourth-order valence-corrected chi connectivity index (χ4v) is 2.84. The summed E-state index contributed by atoms with van der Waals surface area (Å²) in [4.78, 5) is 0. The van der Waals surface area contributed by atoms with E-state index < -0.39 is 24.7 Å². The second-order valence-electron chi connectivity index (χ2n) is 6.91. The van der Waals surface area contributed by atoms with Crippen LogP contribution in [0.15, 0.2) is 18.2 Å². The summed E-state index contributed by atoms with van der Waals surface area (Å²) in [5.74, 6) is -0.0294. The first-order valence-corrected chi connectivity index (χ1v) is 7.57. The van der Waals surface area contributed by atoms with Crippen LogP contribution in [-0.4, -0.2) is 24.7 Å². The highest BCUT2D eigenvalue weighted by Crippen LogP contribution is 2.42. The van der Waals surface area contributed by atoms with Crippen LogP contribution in [0.25, 0.3) is 0 Å². The van der Waals surface area contributed by atoms with Gasteiger partial charge in [-0.15, -0.1) is 13.2 Å². The van der Waals surface area contributed by atoms with Crippen LogP contribution in [0.5, 0.6) is 5.75 Å². The Kier molecular flexibility index (Phi) is 4.50. The zero-order chi connectivity index (χ0) is 17.6. The number of alkyl halides is 3. The molecule has 0 aliphatic carbocycles. The van der Waals surface area contributed by atoms with Gasteiger partial charge in [0, 0.05) is 0 Å². The predicted molar refractivity (Wildman–Crippen MR) is 82.7 cm³/mol. The lowest BCUT2D eigenvalue weighted by Gasteiger charge is -2.39. The molecule has 23 heavy (non-hydrogen) atoms. The third-order valence-electron chi connectivity index (χ3n) is 4.78. The van der Waals surface area contributed by atoms with Gasteiger partial charge in [0.2, 0.25) is 0 Å². The van der Waals surface area contributed by atoms with Crippen LogP contribution in [0.1, 0.15) is 40.2 Å². The molecule has 0 aromatic heterocycles. The van der Waals surface area contributed by atoms with Gasteiger partial charge in [0.15, 0.2) is 0 Å². The second kappa shape index (κ2) is 5.70. The molecule has 1 aliphatic rings. The van der Waals surface area contributed by atoms with Crippen LogP contribution in [0.2, 0.25) is 0 Å². The normalized spacial score (nSPS) is 24.3. The maximum absolute atomic E-state index is 12.3. The summed E-state index contributed by atoms with van der Waals surface area (Å²) in [5.41, 5.74) is 0.322. The van der Waals surface area contributed by atoms with Crippen LogP contribution in [0.3, 0.4) is 0 Å². The van der Waals surface area contributed by atoms with Crippen LogP contribution in [0, 0.1) is 12.8 Å². The van der Waals surface area contributed by atoms with E-state index in [1.165, 1.54) is 12.1 Å². The highest BCUT2D eigenvalue weighted by atomic mass is 19.4. The first-order chi connectivity index (χ1) is 10.4. The first-order valence-electron chi connectivity index (χ1n) is 7.57. The van der Waals surface area contributed by atoms with E-state index in [0.29, 0.717) is 11.0 Å². The van der Waals surface area contributed by atoms with Gasteiger partial charge in [-0.3, -0.25) is 0 Å². The van der Waals surface area contributed by atoms with Gasteiger partial charge in [-0.1, -0.05) is 19.9 Å². The zero-order valence-corrected chi connectivity index (χ0v) is 14.2. The van der Waals surface area contributed by atoms with Crippen LogP contribution in [-0.2, 0) is 9.31 Å². The summed E-state index contributed by atoms with van der Waals surface area (Å²) in [6.45, 7) is 11.7. The average molecular weight is 330 g/mol. The van der Waals surface area contributed by atoms with Gasteiger partial charge >= 0.3 is 13.5 Å². The van der Waals surface area contributed by atoms with Crippen molar-refractivity contribution in [3.05, 3.63) is 23.8 Å². The molecular weight excluding hydrogens is 308 g/mol. The first kappa shape index (κ1) is 18.1. The molecule has 1 aromatic carbocycles. The molecule has 1 fully saturated rings. The Bertz CT molecular complexity index is 586. The minimum atomic E-state index is -4.70. The molecule has 3 nitrogen and oxygen atoms in total. The molecule has 0 amide bonds. The van der Waals surface area contributed by atoms with Gasteiger partial charge in [0.25, 0.3) is 0 Å². The van der Waals surface area contributed by atoms with Gasteiger partial charge < -0.3 is 14.0 Å². The van der Waals surface area contributed by atoms with Gasteiger partial charge in [0.05, 0.1) is 11.2 Å². The molecule has 128 valence electrons. The van der Waals surface area contributed by atoms with E-state index >= 15 is 0 Å². The van der Waals surface area contributed by atoms with E-state index in [-0.39, 0.29) is 11.7 Å². The molecule has 0 saturated carbocycles. The quantitative estimate of drug-likeness (QED) is 0.789. The van der Waals surface area contributed by atoms with Crippen molar-refractivity contribution in [2.24, 2.45) is 5.92 Å². The Morgan fingerprint density at radius 2 is 1.74 bits per heavy atom. The third kappa shape index (κ3) is 3.50. The van der Waals surface area contributed by atoms with E-state index in [0.717, 1.165) is 0 Å². The number of benzene rings is 1. The van der Waals surface area contributed by atoms with E-state index in [4.69, 9.17) is 9.31 Å². The molecule has 7 heteroatoms. The minimum absolute atomic E-state index is 0.218. The van der Waals surface area contributed by atoms with Gasteiger partial charge in [-0.05, 0) is 56.8 Å². The summed E-state index contributed by atoms with van der Waals surface area (Å²) in [5, 5.41) is 0. The fraction of sp³-hybridized carbons (Fsp3) is 0.625. The molecule has 1 saturated heterocycles. The van der Waals surface area contributed by atoms with Crippen molar-refractivity contribution in [1.82, 2.24) is 0 Å². The maximum Gasteiger partial charge on any atom is 0.573 e. The van der Waals surface area contributed by atoms with Crippen molar-refractivity contribution in [2.75, 3.05) is 0 Å². The Labute approximate surface area is 135 Å². The van der Waals surface area contributed by atoms with E-state index in [1.807, 2.05) is 20.8 Å². The van der Waals surface area contributed by atoms with E-state index in [2.05, 4.69) is 18.6 Å². The lowest BCUT2D eigenvalue weighted by molar-refractivity contribution is -0.274. The number of ether oxygens (including phenoxy) is 1. The smallest absolute Gasteiger partial charge is 0.406 e. The molecule has 0 spiro atoms. The monoisotopic (exact) mass is 330 g/mol. The van der Waals surface area contributed by atoms with Crippen molar-refractivity contribution in [1.29, 1.82) is 0 Å². The summed E-state index contributed by atoms with van der Waals surface area (Å²) in [6.07, 6.45) is -4.70. The standard InChI is InChI=1S/C16H22BF3O3/c1-10(2)15(6)14(4,5)22-17(23-15)13-8-7-12(9-11(13)3)21-16(18,19)20/h7-10H,1-6H3/t15-/m1/s1. The highest BCUT2D eigenvalue weighted by molar-refractivity contribution is 6.62. The number of rotatable bonds is 3. The lowest BCUT2D eigenvalue weighted by atomic mass is 9.76. The van der Waals surface area contributed by atoms with Crippen molar-refractivity contribution < 1.29 is 27.2 Å². The summed E-state index contributed by atoms with van der Waals surface area (Å²) in [7, 11) is -0.614. The van der Waals surface area contributed by atoms with E-state index in [9.17, 15) is 13.2 Å². The molecule has 0 bridgehead atoms. The highest BCUT2D eigenvalue weighted by Gasteiger charge is 2.56. The molecule has 0 N–H and O–H groups in total. The molecule has 1 aliphatic heterocycles. The molecule has 2 rings (SSSR count). The summed E-state index contributed by atoms with van der Waals surface area (Å²) in [6, 6.07) is 4.18. The molecule has 1 atom stereocenters. The van der Waals surface area contributed by atoms with Crippen molar-refractivity contribution in [2.45, 2.75) is 59.1 Å². The van der Waals surface area contributed by atoms with Crippen molar-refractivity contribution >= 4 is 12.6 Å². The minimum Gasteiger partial charge on any atom is -0.406 e. The molecular formula is C16H22BF3O3. The van der Waals surface area contributed by atoms with Gasteiger partial charge in [0.1, 0.15) is 5.75 Å². The van der Waals surface area contributed by atoms with Crippen LogP contribution < -0.4 is 10.2 Å². The van der Waals surface area contributed by atoms with Gasteiger partial charge in [-0.25, -0.2) is 0 Å². The average Bonchev–Trinajstić information content (AvgIpc) is 2.59. The number of halogens is 3. The molecule has 0 unspecified atom stereocenters.